The summed E-state index contributed by atoms with van der Waals surface area (Å²) in [5.74, 6) is 1.22. The van der Waals surface area contributed by atoms with Crippen LogP contribution in [0, 0.1) is 5.92 Å². The molecule has 1 nitrogen and oxygen atoms in total. The van der Waals surface area contributed by atoms with E-state index in [1.807, 2.05) is 18.2 Å². The van der Waals surface area contributed by atoms with Crippen molar-refractivity contribution in [2.75, 3.05) is 12.5 Å². The zero-order valence-corrected chi connectivity index (χ0v) is 12.2. The molecule has 2 atom stereocenters. The average molecular weight is 287 g/mol. The Morgan fingerprint density at radius 2 is 1.65 bits per heavy atom. The van der Waals surface area contributed by atoms with E-state index in [1.54, 1.807) is 0 Å². The molecule has 2 unspecified atom stereocenters. The van der Waals surface area contributed by atoms with Crippen LogP contribution >= 0.6 is 11.6 Å². The van der Waals surface area contributed by atoms with Crippen LogP contribution < -0.4 is 0 Å². The highest BCUT2D eigenvalue weighted by molar-refractivity contribution is 6.19. The molecule has 2 aromatic rings. The van der Waals surface area contributed by atoms with Crippen molar-refractivity contribution >= 4 is 11.6 Å². The summed E-state index contributed by atoms with van der Waals surface area (Å²) in [6.45, 7) is 1.47. The van der Waals surface area contributed by atoms with E-state index in [9.17, 15) is 0 Å². The van der Waals surface area contributed by atoms with Crippen LogP contribution in [0.5, 0.6) is 0 Å². The van der Waals surface area contributed by atoms with Gasteiger partial charge in [0.2, 0.25) is 0 Å². The first-order valence-electron chi connectivity index (χ1n) is 7.08. The van der Waals surface area contributed by atoms with E-state index in [2.05, 4.69) is 42.5 Å². The van der Waals surface area contributed by atoms with Crippen LogP contribution in [-0.2, 0) is 16.8 Å². The van der Waals surface area contributed by atoms with Crippen LogP contribution in [0.25, 0.3) is 0 Å². The number of halogens is 1. The number of benzene rings is 2. The number of alkyl halides is 1. The summed E-state index contributed by atoms with van der Waals surface area (Å²) in [7, 11) is 0. The lowest BCUT2D eigenvalue weighted by Crippen LogP contribution is -2.15. The lowest BCUT2D eigenvalue weighted by atomic mass is 9.95. The number of rotatable bonds is 6. The van der Waals surface area contributed by atoms with Crippen LogP contribution in [0.2, 0.25) is 0 Å². The maximum atomic E-state index is 6.23. The van der Waals surface area contributed by atoms with E-state index in [0.29, 0.717) is 18.4 Å². The SMILES string of the molecule is ClCC1(c2ccccc2)CC1COCc1ccccc1. The molecule has 0 N–H and O–H groups in total. The minimum absolute atomic E-state index is 0.138. The summed E-state index contributed by atoms with van der Waals surface area (Å²) >= 11 is 6.23. The fourth-order valence-electron chi connectivity index (χ4n) is 2.86. The highest BCUT2D eigenvalue weighted by Gasteiger charge is 2.54. The minimum Gasteiger partial charge on any atom is -0.376 e. The van der Waals surface area contributed by atoms with Gasteiger partial charge in [0.25, 0.3) is 0 Å². The molecule has 0 bridgehead atoms. The predicted molar refractivity (Wildman–Crippen MR) is 83.0 cm³/mol. The lowest BCUT2D eigenvalue weighted by molar-refractivity contribution is 0.107. The Morgan fingerprint density at radius 3 is 2.30 bits per heavy atom. The minimum atomic E-state index is 0.138. The van der Waals surface area contributed by atoms with Gasteiger partial charge in [0, 0.05) is 11.3 Å². The van der Waals surface area contributed by atoms with Crippen molar-refractivity contribution in [2.45, 2.75) is 18.4 Å². The molecular formula is C18H19ClO. The van der Waals surface area contributed by atoms with Crippen molar-refractivity contribution in [1.82, 2.24) is 0 Å². The molecule has 0 radical (unpaired) electrons. The van der Waals surface area contributed by atoms with E-state index < -0.39 is 0 Å². The largest absolute Gasteiger partial charge is 0.376 e. The second-order valence-corrected chi connectivity index (χ2v) is 5.82. The molecule has 0 saturated heterocycles. The van der Waals surface area contributed by atoms with Gasteiger partial charge in [-0.3, -0.25) is 0 Å². The van der Waals surface area contributed by atoms with Gasteiger partial charge in [0.1, 0.15) is 0 Å². The van der Waals surface area contributed by atoms with Gasteiger partial charge in [-0.15, -0.1) is 11.6 Å². The third-order valence-corrected chi connectivity index (χ3v) is 4.73. The normalized spacial score (nSPS) is 24.6. The molecule has 2 heteroatoms. The van der Waals surface area contributed by atoms with Gasteiger partial charge in [0.15, 0.2) is 0 Å². The van der Waals surface area contributed by atoms with Gasteiger partial charge in [-0.05, 0) is 23.5 Å². The van der Waals surface area contributed by atoms with Crippen LogP contribution in [0.15, 0.2) is 60.7 Å². The maximum Gasteiger partial charge on any atom is 0.0717 e. The fourth-order valence-corrected chi connectivity index (χ4v) is 3.34. The number of hydrogen-bond acceptors (Lipinski definition) is 1. The van der Waals surface area contributed by atoms with Gasteiger partial charge in [0.05, 0.1) is 13.2 Å². The first-order chi connectivity index (χ1) is 9.85. The second kappa shape index (κ2) is 5.99. The predicted octanol–water partition coefficient (Wildman–Crippen LogP) is 4.40. The summed E-state index contributed by atoms with van der Waals surface area (Å²) in [6.07, 6.45) is 1.13. The Kier molecular flexibility index (Phi) is 4.09. The Hall–Kier alpha value is -1.31. The Bertz CT molecular complexity index is 540. The molecule has 0 heterocycles. The Balaban J connectivity index is 1.55. The van der Waals surface area contributed by atoms with Crippen LogP contribution in [0.1, 0.15) is 17.5 Å². The summed E-state index contributed by atoms with van der Waals surface area (Å²) in [5.41, 5.74) is 2.71. The average Bonchev–Trinajstić information content (AvgIpc) is 3.24. The lowest BCUT2D eigenvalue weighted by Gasteiger charge is -2.14. The van der Waals surface area contributed by atoms with Gasteiger partial charge >= 0.3 is 0 Å². The van der Waals surface area contributed by atoms with Crippen molar-refractivity contribution in [3.8, 4) is 0 Å². The summed E-state index contributed by atoms with van der Waals surface area (Å²) in [4.78, 5) is 0. The number of hydrogen-bond donors (Lipinski definition) is 0. The van der Waals surface area contributed by atoms with Gasteiger partial charge in [-0.25, -0.2) is 0 Å². The van der Waals surface area contributed by atoms with E-state index in [4.69, 9.17) is 16.3 Å². The first kappa shape index (κ1) is 13.7. The molecule has 20 heavy (non-hydrogen) atoms. The molecule has 0 spiro atoms. The fraction of sp³-hybridized carbons (Fsp3) is 0.333. The smallest absolute Gasteiger partial charge is 0.0717 e. The van der Waals surface area contributed by atoms with Crippen molar-refractivity contribution in [1.29, 1.82) is 0 Å². The third-order valence-electron chi connectivity index (χ3n) is 4.25. The van der Waals surface area contributed by atoms with Crippen LogP contribution in [-0.4, -0.2) is 12.5 Å². The zero-order valence-electron chi connectivity index (χ0n) is 11.5. The highest BCUT2D eigenvalue weighted by atomic mass is 35.5. The van der Waals surface area contributed by atoms with Gasteiger partial charge in [-0.2, -0.15) is 0 Å². The molecular weight excluding hydrogens is 268 g/mol. The Labute approximate surface area is 125 Å². The summed E-state index contributed by atoms with van der Waals surface area (Å²) in [6, 6.07) is 20.9. The quantitative estimate of drug-likeness (QED) is 0.715. The van der Waals surface area contributed by atoms with Crippen molar-refractivity contribution < 1.29 is 4.74 Å². The molecule has 1 fully saturated rings. The highest BCUT2D eigenvalue weighted by Crippen LogP contribution is 2.55. The standard InChI is InChI=1S/C18H19ClO/c19-14-18(16-9-5-2-6-10-16)11-17(18)13-20-12-15-7-3-1-4-8-15/h1-10,17H,11-14H2. The van der Waals surface area contributed by atoms with Crippen molar-refractivity contribution in [3.05, 3.63) is 71.8 Å². The molecule has 0 amide bonds. The van der Waals surface area contributed by atoms with Gasteiger partial charge in [-0.1, -0.05) is 60.7 Å². The van der Waals surface area contributed by atoms with E-state index in [-0.39, 0.29) is 5.41 Å². The summed E-state index contributed by atoms with van der Waals surface area (Å²) in [5, 5.41) is 0. The molecule has 3 rings (SSSR count). The molecule has 0 aromatic heterocycles. The van der Waals surface area contributed by atoms with Crippen LogP contribution in [0.3, 0.4) is 0 Å². The zero-order chi connectivity index (χ0) is 13.8. The molecule has 1 aliphatic rings. The second-order valence-electron chi connectivity index (χ2n) is 5.56. The monoisotopic (exact) mass is 286 g/mol. The number of ether oxygens (including phenoxy) is 1. The van der Waals surface area contributed by atoms with Crippen molar-refractivity contribution in [3.63, 3.8) is 0 Å². The maximum absolute atomic E-state index is 6.23. The van der Waals surface area contributed by atoms with E-state index >= 15 is 0 Å². The van der Waals surface area contributed by atoms with Crippen LogP contribution in [0.4, 0.5) is 0 Å². The Morgan fingerprint density at radius 1 is 1.00 bits per heavy atom. The van der Waals surface area contributed by atoms with Gasteiger partial charge < -0.3 is 4.74 Å². The first-order valence-corrected chi connectivity index (χ1v) is 7.62. The summed E-state index contributed by atoms with van der Waals surface area (Å²) < 4.78 is 5.86. The molecule has 1 aliphatic carbocycles. The topological polar surface area (TPSA) is 9.23 Å². The van der Waals surface area contributed by atoms with E-state index in [0.717, 1.165) is 13.0 Å². The van der Waals surface area contributed by atoms with E-state index in [1.165, 1.54) is 11.1 Å². The molecule has 2 aromatic carbocycles. The molecule has 1 saturated carbocycles. The van der Waals surface area contributed by atoms with Crippen molar-refractivity contribution in [2.24, 2.45) is 5.92 Å². The molecule has 104 valence electrons. The molecule has 0 aliphatic heterocycles. The third kappa shape index (κ3) is 2.74.